The first-order chi connectivity index (χ1) is 6.20. The number of rotatable bonds is 0. The maximum atomic E-state index is 9.51. The van der Waals surface area contributed by atoms with E-state index in [0.717, 1.165) is 10.9 Å². The Morgan fingerprint density at radius 3 is 2.77 bits per heavy atom. The van der Waals surface area contributed by atoms with Crippen molar-refractivity contribution < 1.29 is 5.11 Å². The van der Waals surface area contributed by atoms with Gasteiger partial charge in [-0.3, -0.25) is 0 Å². The number of fused-ring (bicyclic) bond motifs is 1. The van der Waals surface area contributed by atoms with Crippen molar-refractivity contribution in [2.45, 2.75) is 6.92 Å². The van der Waals surface area contributed by atoms with Crippen molar-refractivity contribution >= 4 is 22.5 Å². The molecule has 0 spiro atoms. The zero-order chi connectivity index (χ0) is 9.42. The van der Waals surface area contributed by atoms with Crippen molar-refractivity contribution in [3.63, 3.8) is 0 Å². The van der Waals surface area contributed by atoms with Gasteiger partial charge in [-0.05, 0) is 13.0 Å². The second-order valence-corrected chi connectivity index (χ2v) is 3.25. The summed E-state index contributed by atoms with van der Waals surface area (Å²) in [5.41, 5.74) is 1.37. The molecule has 1 aromatic carbocycles. The van der Waals surface area contributed by atoms with Crippen molar-refractivity contribution in [1.29, 1.82) is 0 Å². The summed E-state index contributed by atoms with van der Waals surface area (Å²) in [7, 11) is 0. The van der Waals surface area contributed by atoms with E-state index in [0.29, 0.717) is 10.7 Å². The van der Waals surface area contributed by atoms with Crippen molar-refractivity contribution in [1.82, 2.24) is 4.98 Å². The third-order valence-electron chi connectivity index (χ3n) is 1.98. The maximum absolute atomic E-state index is 9.51. The van der Waals surface area contributed by atoms with Gasteiger partial charge in [-0.25, -0.2) is 4.98 Å². The summed E-state index contributed by atoms with van der Waals surface area (Å²) >= 11 is 5.94. The summed E-state index contributed by atoms with van der Waals surface area (Å²) in [5, 5.41) is 10.7. The van der Waals surface area contributed by atoms with Crippen LogP contribution in [-0.4, -0.2) is 10.1 Å². The average molecular weight is 194 g/mol. The van der Waals surface area contributed by atoms with E-state index in [-0.39, 0.29) is 5.75 Å². The molecule has 2 nitrogen and oxygen atoms in total. The first-order valence-electron chi connectivity index (χ1n) is 3.94. The van der Waals surface area contributed by atoms with Gasteiger partial charge in [0, 0.05) is 5.39 Å². The molecule has 0 aliphatic rings. The Hall–Kier alpha value is -1.28. The molecule has 2 aromatic rings. The molecule has 0 fully saturated rings. The van der Waals surface area contributed by atoms with Crippen LogP contribution in [0.4, 0.5) is 0 Å². The summed E-state index contributed by atoms with van der Waals surface area (Å²) < 4.78 is 0. The third-order valence-corrected chi connectivity index (χ3v) is 2.36. The number of pyridine rings is 1. The minimum absolute atomic E-state index is 0.0698. The lowest BCUT2D eigenvalue weighted by molar-refractivity contribution is 0.469. The summed E-state index contributed by atoms with van der Waals surface area (Å²) in [6.45, 7) is 1.73. The van der Waals surface area contributed by atoms with Crippen LogP contribution < -0.4 is 0 Å². The largest absolute Gasteiger partial charge is 0.505 e. The number of para-hydroxylation sites is 1. The Kier molecular flexibility index (Phi) is 1.85. The molecule has 0 bridgehead atoms. The normalized spacial score (nSPS) is 10.6. The first-order valence-corrected chi connectivity index (χ1v) is 4.32. The predicted molar refractivity (Wildman–Crippen MR) is 53.2 cm³/mol. The lowest BCUT2D eigenvalue weighted by Gasteiger charge is -2.04. The van der Waals surface area contributed by atoms with Gasteiger partial charge in [-0.15, -0.1) is 0 Å². The standard InChI is InChI=1S/C10H8ClNO/c1-6-10(13)9(11)7-4-2-3-5-8(7)12-6/h2-5,13H,1H3. The van der Waals surface area contributed by atoms with Crippen molar-refractivity contribution in [3.05, 3.63) is 35.0 Å². The maximum Gasteiger partial charge on any atom is 0.156 e. The molecule has 0 unspecified atom stereocenters. The first kappa shape index (κ1) is 8.32. The molecule has 3 heteroatoms. The molecule has 0 amide bonds. The van der Waals surface area contributed by atoms with E-state index in [2.05, 4.69) is 4.98 Å². The highest BCUT2D eigenvalue weighted by atomic mass is 35.5. The van der Waals surface area contributed by atoms with Crippen LogP contribution in [0.15, 0.2) is 24.3 Å². The minimum atomic E-state index is 0.0698. The highest BCUT2D eigenvalue weighted by Gasteiger charge is 2.08. The average Bonchev–Trinajstić information content (AvgIpc) is 2.15. The number of nitrogens with zero attached hydrogens (tertiary/aromatic N) is 1. The predicted octanol–water partition coefficient (Wildman–Crippen LogP) is 2.90. The van der Waals surface area contributed by atoms with Crippen LogP contribution in [0.5, 0.6) is 5.75 Å². The summed E-state index contributed by atoms with van der Waals surface area (Å²) in [6, 6.07) is 7.46. The molecule has 2 rings (SSSR count). The number of benzene rings is 1. The zero-order valence-electron chi connectivity index (χ0n) is 7.08. The van der Waals surface area contributed by atoms with Crippen molar-refractivity contribution in [2.75, 3.05) is 0 Å². The van der Waals surface area contributed by atoms with Crippen molar-refractivity contribution in [2.24, 2.45) is 0 Å². The molecule has 1 heterocycles. The van der Waals surface area contributed by atoms with E-state index in [1.807, 2.05) is 24.3 Å². The lowest BCUT2D eigenvalue weighted by Crippen LogP contribution is -1.85. The molecule has 1 N–H and O–H groups in total. The molecular weight excluding hydrogens is 186 g/mol. The molecule has 0 saturated heterocycles. The van der Waals surface area contributed by atoms with Gasteiger partial charge >= 0.3 is 0 Å². The van der Waals surface area contributed by atoms with E-state index in [4.69, 9.17) is 11.6 Å². The topological polar surface area (TPSA) is 33.1 Å². The number of hydrogen-bond donors (Lipinski definition) is 1. The van der Waals surface area contributed by atoms with Crippen LogP contribution in [-0.2, 0) is 0 Å². The molecule has 13 heavy (non-hydrogen) atoms. The van der Waals surface area contributed by atoms with Gasteiger partial charge < -0.3 is 5.11 Å². The Labute approximate surface area is 80.8 Å². The van der Waals surface area contributed by atoms with Crippen molar-refractivity contribution in [3.8, 4) is 5.75 Å². The van der Waals surface area contributed by atoms with Gasteiger partial charge in [-0.1, -0.05) is 29.8 Å². The Morgan fingerprint density at radius 2 is 2.00 bits per heavy atom. The Bertz CT molecular complexity index is 468. The highest BCUT2D eigenvalue weighted by Crippen LogP contribution is 2.32. The molecule has 0 atom stereocenters. The van der Waals surface area contributed by atoms with Gasteiger partial charge in [0.1, 0.15) is 0 Å². The van der Waals surface area contributed by atoms with Crippen LogP contribution in [0.25, 0.3) is 10.9 Å². The van der Waals surface area contributed by atoms with Crippen LogP contribution in [0.3, 0.4) is 0 Å². The second-order valence-electron chi connectivity index (χ2n) is 2.88. The monoisotopic (exact) mass is 193 g/mol. The molecule has 0 aliphatic heterocycles. The van der Waals surface area contributed by atoms with E-state index in [9.17, 15) is 5.11 Å². The third kappa shape index (κ3) is 1.23. The smallest absolute Gasteiger partial charge is 0.156 e. The zero-order valence-corrected chi connectivity index (χ0v) is 7.84. The van der Waals surface area contributed by atoms with Crippen LogP contribution >= 0.6 is 11.6 Å². The van der Waals surface area contributed by atoms with Gasteiger partial charge in [-0.2, -0.15) is 0 Å². The number of halogens is 1. The quantitative estimate of drug-likeness (QED) is 0.698. The Balaban J connectivity index is 2.94. The fraction of sp³-hybridized carbons (Fsp3) is 0.100. The number of aryl methyl sites for hydroxylation is 1. The number of aromatic nitrogens is 1. The van der Waals surface area contributed by atoms with Gasteiger partial charge in [0.2, 0.25) is 0 Å². The van der Waals surface area contributed by atoms with Gasteiger partial charge in [0.15, 0.2) is 5.75 Å². The van der Waals surface area contributed by atoms with E-state index in [1.165, 1.54) is 0 Å². The number of hydrogen-bond acceptors (Lipinski definition) is 2. The highest BCUT2D eigenvalue weighted by molar-refractivity contribution is 6.36. The fourth-order valence-electron chi connectivity index (χ4n) is 1.28. The second kappa shape index (κ2) is 2.89. The van der Waals surface area contributed by atoms with E-state index < -0.39 is 0 Å². The molecule has 0 saturated carbocycles. The van der Waals surface area contributed by atoms with E-state index in [1.54, 1.807) is 6.92 Å². The lowest BCUT2D eigenvalue weighted by atomic mass is 10.2. The fourth-order valence-corrected chi connectivity index (χ4v) is 1.57. The van der Waals surface area contributed by atoms with Crippen LogP contribution in [0, 0.1) is 6.92 Å². The summed E-state index contributed by atoms with van der Waals surface area (Å²) in [6.07, 6.45) is 0. The minimum Gasteiger partial charge on any atom is -0.505 e. The molecular formula is C10H8ClNO. The van der Waals surface area contributed by atoms with E-state index >= 15 is 0 Å². The molecule has 1 aromatic heterocycles. The summed E-state index contributed by atoms with van der Waals surface area (Å²) in [5.74, 6) is 0.0698. The molecule has 0 radical (unpaired) electrons. The van der Waals surface area contributed by atoms with Crippen LogP contribution in [0.1, 0.15) is 5.69 Å². The number of aromatic hydroxyl groups is 1. The molecule has 0 aliphatic carbocycles. The summed E-state index contributed by atoms with van der Waals surface area (Å²) in [4.78, 5) is 4.20. The Morgan fingerprint density at radius 1 is 1.31 bits per heavy atom. The van der Waals surface area contributed by atoms with Crippen LogP contribution in [0.2, 0.25) is 5.02 Å². The SMILES string of the molecule is Cc1nc2ccccc2c(Cl)c1O. The molecule has 66 valence electrons. The van der Waals surface area contributed by atoms with Gasteiger partial charge in [0.05, 0.1) is 16.2 Å². The van der Waals surface area contributed by atoms with Gasteiger partial charge in [0.25, 0.3) is 0 Å².